The van der Waals surface area contributed by atoms with Crippen molar-refractivity contribution in [2.75, 3.05) is 14.2 Å². The zero-order chi connectivity index (χ0) is 14.0. The quantitative estimate of drug-likeness (QED) is 0.616. The molecule has 0 bridgehead atoms. The maximum Gasteiger partial charge on any atom is 0.321 e. The second kappa shape index (κ2) is 5.07. The lowest BCUT2D eigenvalue weighted by molar-refractivity contribution is -0.169. The van der Waals surface area contributed by atoms with Crippen LogP contribution in [0, 0.1) is 12.3 Å². The van der Waals surface area contributed by atoms with Crippen LogP contribution >= 0.6 is 0 Å². The predicted octanol–water partition coefficient (Wildman–Crippen LogP) is 1.89. The molecule has 0 atom stereocenters. The van der Waals surface area contributed by atoms with Gasteiger partial charge in [-0.3, -0.25) is 9.59 Å². The van der Waals surface area contributed by atoms with Crippen molar-refractivity contribution in [3.8, 4) is 0 Å². The minimum atomic E-state index is -0.967. The average molecular weight is 265 g/mol. The third kappa shape index (κ3) is 2.37. The fraction of sp³-hybridized carbons (Fsp3) is 0.571. The molecule has 0 radical (unpaired) electrons. The molecule has 1 aromatic heterocycles. The molecule has 1 amide bonds. The van der Waals surface area contributed by atoms with Crippen molar-refractivity contribution in [3.05, 3.63) is 23.7 Å². The summed E-state index contributed by atoms with van der Waals surface area (Å²) in [5.41, 5.74) is -0.967. The van der Waals surface area contributed by atoms with E-state index in [1.54, 1.807) is 7.05 Å². The minimum absolute atomic E-state index is 0.181. The van der Waals surface area contributed by atoms with Crippen LogP contribution in [0.1, 0.15) is 30.8 Å². The predicted molar refractivity (Wildman–Crippen MR) is 68.2 cm³/mol. The highest BCUT2D eigenvalue weighted by Crippen LogP contribution is 2.43. The topological polar surface area (TPSA) is 59.8 Å². The molecule has 0 aromatic carbocycles. The minimum Gasteiger partial charge on any atom is -0.468 e. The van der Waals surface area contributed by atoms with E-state index in [2.05, 4.69) is 0 Å². The molecular weight excluding hydrogens is 246 g/mol. The van der Waals surface area contributed by atoms with Crippen LogP contribution in [-0.2, 0) is 20.9 Å². The molecule has 0 N–H and O–H groups in total. The van der Waals surface area contributed by atoms with Gasteiger partial charge in [-0.05, 0) is 31.9 Å². The van der Waals surface area contributed by atoms with E-state index in [0.29, 0.717) is 25.1 Å². The van der Waals surface area contributed by atoms with Crippen LogP contribution in [0.25, 0.3) is 0 Å². The molecule has 1 aromatic rings. The molecule has 0 unspecified atom stereocenters. The van der Waals surface area contributed by atoms with E-state index in [4.69, 9.17) is 9.15 Å². The largest absolute Gasteiger partial charge is 0.468 e. The number of hydrogen-bond acceptors (Lipinski definition) is 4. The number of aryl methyl sites for hydroxylation is 1. The summed E-state index contributed by atoms with van der Waals surface area (Å²) in [7, 11) is 3.01. The Balaban J connectivity index is 2.08. The zero-order valence-electron chi connectivity index (χ0n) is 11.6. The van der Waals surface area contributed by atoms with Crippen LogP contribution in [0.5, 0.6) is 0 Å². The normalized spacial score (nSPS) is 16.6. The number of rotatable bonds is 4. The number of methoxy groups -OCH3 is 1. The van der Waals surface area contributed by atoms with Crippen molar-refractivity contribution < 1.29 is 18.7 Å². The Morgan fingerprint density at radius 1 is 1.42 bits per heavy atom. The zero-order valence-corrected chi connectivity index (χ0v) is 11.6. The molecule has 5 nitrogen and oxygen atoms in total. The Morgan fingerprint density at radius 3 is 2.53 bits per heavy atom. The van der Waals surface area contributed by atoms with Crippen molar-refractivity contribution in [2.24, 2.45) is 5.41 Å². The summed E-state index contributed by atoms with van der Waals surface area (Å²) in [4.78, 5) is 25.8. The molecule has 104 valence electrons. The maximum absolute atomic E-state index is 12.4. The number of carbonyl (C=O) groups excluding carboxylic acids is 2. The van der Waals surface area contributed by atoms with Crippen LogP contribution in [-0.4, -0.2) is 30.9 Å². The fourth-order valence-electron chi connectivity index (χ4n) is 2.47. The summed E-state index contributed by atoms with van der Waals surface area (Å²) < 4.78 is 10.2. The van der Waals surface area contributed by atoms with Gasteiger partial charge in [0.1, 0.15) is 16.9 Å². The summed E-state index contributed by atoms with van der Waals surface area (Å²) >= 11 is 0. The van der Waals surface area contributed by atoms with Crippen LogP contribution < -0.4 is 0 Å². The number of nitrogens with zero attached hydrogens (tertiary/aromatic N) is 1. The number of furan rings is 1. The summed E-state index contributed by atoms with van der Waals surface area (Å²) in [6.07, 6.45) is 2.02. The van der Waals surface area contributed by atoms with Crippen molar-refractivity contribution in [3.63, 3.8) is 0 Å². The van der Waals surface area contributed by atoms with Crippen molar-refractivity contribution in [1.29, 1.82) is 0 Å². The lowest BCUT2D eigenvalue weighted by atomic mass is 9.67. The summed E-state index contributed by atoms with van der Waals surface area (Å²) in [5, 5.41) is 0. The average Bonchev–Trinajstić information content (AvgIpc) is 2.72. The van der Waals surface area contributed by atoms with Gasteiger partial charge in [0.25, 0.3) is 0 Å². The van der Waals surface area contributed by atoms with E-state index in [1.807, 2.05) is 19.1 Å². The first-order chi connectivity index (χ1) is 8.99. The van der Waals surface area contributed by atoms with E-state index < -0.39 is 11.4 Å². The second-order valence-electron chi connectivity index (χ2n) is 5.10. The number of carbonyl (C=O) groups is 2. The van der Waals surface area contributed by atoms with Crippen LogP contribution in [0.3, 0.4) is 0 Å². The number of ether oxygens (including phenoxy) is 1. The van der Waals surface area contributed by atoms with Crippen LogP contribution in [0.15, 0.2) is 16.5 Å². The Labute approximate surface area is 112 Å². The van der Waals surface area contributed by atoms with Gasteiger partial charge in [0.05, 0.1) is 13.7 Å². The Morgan fingerprint density at radius 2 is 2.11 bits per heavy atom. The van der Waals surface area contributed by atoms with Gasteiger partial charge in [0.2, 0.25) is 5.91 Å². The molecule has 19 heavy (non-hydrogen) atoms. The van der Waals surface area contributed by atoms with Gasteiger partial charge in [0.15, 0.2) is 0 Å². The van der Waals surface area contributed by atoms with Gasteiger partial charge in [-0.1, -0.05) is 6.42 Å². The first kappa shape index (κ1) is 13.6. The van der Waals surface area contributed by atoms with E-state index in [1.165, 1.54) is 12.0 Å². The second-order valence-corrected chi connectivity index (χ2v) is 5.10. The molecule has 1 saturated carbocycles. The molecule has 5 heteroatoms. The summed E-state index contributed by atoms with van der Waals surface area (Å²) in [5.74, 6) is 0.917. The molecular formula is C14H19NO4. The third-order valence-corrected chi connectivity index (χ3v) is 3.73. The van der Waals surface area contributed by atoms with Gasteiger partial charge >= 0.3 is 5.97 Å². The molecule has 0 aliphatic heterocycles. The molecule has 1 heterocycles. The number of esters is 1. The highest BCUT2D eigenvalue weighted by atomic mass is 16.5. The van der Waals surface area contributed by atoms with E-state index in [9.17, 15) is 9.59 Å². The van der Waals surface area contributed by atoms with Gasteiger partial charge in [0, 0.05) is 7.05 Å². The lowest BCUT2D eigenvalue weighted by Crippen LogP contribution is -2.51. The standard InChI is InChI=1S/C14H19NO4/c1-10-5-6-11(19-10)9-15(2)12(16)14(7-4-8-14)13(17)18-3/h5-6H,4,7-9H2,1-3H3. The van der Waals surface area contributed by atoms with Crippen molar-refractivity contribution >= 4 is 11.9 Å². The third-order valence-electron chi connectivity index (χ3n) is 3.73. The fourth-order valence-corrected chi connectivity index (χ4v) is 2.47. The number of amides is 1. The monoisotopic (exact) mass is 265 g/mol. The van der Waals surface area contributed by atoms with Gasteiger partial charge in [-0.2, -0.15) is 0 Å². The Hall–Kier alpha value is -1.78. The van der Waals surface area contributed by atoms with Crippen LogP contribution in [0.2, 0.25) is 0 Å². The maximum atomic E-state index is 12.4. The SMILES string of the molecule is COC(=O)C1(C(=O)N(C)Cc2ccc(C)o2)CCC1. The van der Waals surface area contributed by atoms with E-state index in [0.717, 1.165) is 12.2 Å². The smallest absolute Gasteiger partial charge is 0.321 e. The Kier molecular flexibility index (Phi) is 3.64. The van der Waals surface area contributed by atoms with Gasteiger partial charge < -0.3 is 14.1 Å². The van der Waals surface area contributed by atoms with E-state index >= 15 is 0 Å². The lowest BCUT2D eigenvalue weighted by Gasteiger charge is -2.39. The molecule has 0 saturated heterocycles. The van der Waals surface area contributed by atoms with Crippen molar-refractivity contribution in [1.82, 2.24) is 4.90 Å². The molecule has 1 fully saturated rings. The van der Waals surface area contributed by atoms with Gasteiger partial charge in [-0.15, -0.1) is 0 Å². The highest BCUT2D eigenvalue weighted by molar-refractivity contribution is 6.03. The number of hydrogen-bond donors (Lipinski definition) is 0. The molecule has 0 spiro atoms. The molecule has 1 aliphatic carbocycles. The molecule has 1 aliphatic rings. The van der Waals surface area contributed by atoms with E-state index in [-0.39, 0.29) is 5.91 Å². The summed E-state index contributed by atoms with van der Waals surface area (Å²) in [6.45, 7) is 2.22. The summed E-state index contributed by atoms with van der Waals surface area (Å²) in [6, 6.07) is 3.69. The first-order valence-corrected chi connectivity index (χ1v) is 6.39. The van der Waals surface area contributed by atoms with Crippen LogP contribution in [0.4, 0.5) is 0 Å². The Bertz CT molecular complexity index is 487. The highest BCUT2D eigenvalue weighted by Gasteiger charge is 2.53. The first-order valence-electron chi connectivity index (χ1n) is 6.39. The van der Waals surface area contributed by atoms with Gasteiger partial charge in [-0.25, -0.2) is 0 Å². The van der Waals surface area contributed by atoms with Crippen molar-refractivity contribution in [2.45, 2.75) is 32.7 Å². The molecule has 2 rings (SSSR count).